The fraction of sp³-hybridized carbons (Fsp3) is 0.333. The Morgan fingerprint density at radius 1 is 1.41 bits per heavy atom. The van der Waals surface area contributed by atoms with E-state index in [9.17, 15) is 0 Å². The smallest absolute Gasteiger partial charge is 0.191 e. The Morgan fingerprint density at radius 3 is 2.86 bits per heavy atom. The average Bonchev–Trinajstić information content (AvgIpc) is 2.89. The van der Waals surface area contributed by atoms with Crippen LogP contribution in [-0.4, -0.2) is 34.2 Å². The molecule has 1 heterocycles. The van der Waals surface area contributed by atoms with Gasteiger partial charge in [-0.05, 0) is 23.0 Å². The molecule has 2 aromatic rings. The van der Waals surface area contributed by atoms with E-state index in [0.29, 0.717) is 11.6 Å². The molecule has 2 rings (SSSR count). The van der Waals surface area contributed by atoms with E-state index in [-0.39, 0.29) is 0 Å². The molecule has 0 N–H and O–H groups in total. The van der Waals surface area contributed by atoms with Crippen molar-refractivity contribution < 1.29 is 4.74 Å². The summed E-state index contributed by atoms with van der Waals surface area (Å²) < 4.78 is 8.14. The summed E-state index contributed by atoms with van der Waals surface area (Å²) in [6.07, 6.45) is 0.884. The lowest BCUT2D eigenvalue weighted by atomic mass is 10.2. The molecule has 7 heteroatoms. The van der Waals surface area contributed by atoms with E-state index in [4.69, 9.17) is 16.3 Å². The molecule has 0 spiro atoms. The van der Waals surface area contributed by atoms with Crippen LogP contribution in [0.15, 0.2) is 40.5 Å². The molecule has 0 aliphatic heterocycles. The Labute approximate surface area is 148 Å². The van der Waals surface area contributed by atoms with Gasteiger partial charge in [-0.25, -0.2) is 0 Å². The highest BCUT2D eigenvalue weighted by molar-refractivity contribution is 9.11. The van der Waals surface area contributed by atoms with Crippen LogP contribution in [0.2, 0.25) is 5.02 Å². The second-order valence-corrected chi connectivity index (χ2v) is 7.06. The molecule has 0 saturated heterocycles. The van der Waals surface area contributed by atoms with Crippen molar-refractivity contribution in [1.29, 1.82) is 0 Å². The van der Waals surface area contributed by atoms with Gasteiger partial charge in [0.25, 0.3) is 0 Å². The number of rotatable bonds is 8. The number of benzene rings is 1. The minimum atomic E-state index is 0.671. The first-order valence-corrected chi connectivity index (χ1v) is 8.92. The Kier molecular flexibility index (Phi) is 6.95. The van der Waals surface area contributed by atoms with Crippen LogP contribution in [-0.2, 0) is 11.3 Å². The van der Waals surface area contributed by atoms with Crippen LogP contribution in [0.1, 0.15) is 6.42 Å². The molecule has 0 unspecified atom stereocenters. The third-order valence-corrected chi connectivity index (χ3v) is 4.95. The first kappa shape index (κ1) is 17.5. The summed E-state index contributed by atoms with van der Waals surface area (Å²) in [6.45, 7) is 5.32. The van der Waals surface area contributed by atoms with E-state index in [2.05, 4.69) is 37.3 Å². The molecule has 0 radical (unpaired) electrons. The number of aromatic nitrogens is 3. The maximum atomic E-state index is 6.29. The SMILES string of the molecule is C=C(Br)CSc1nnc(-c2ccccc2Cl)n1CCCOC. The summed E-state index contributed by atoms with van der Waals surface area (Å²) in [5.74, 6) is 1.52. The maximum Gasteiger partial charge on any atom is 0.191 e. The van der Waals surface area contributed by atoms with Crippen molar-refractivity contribution in [3.05, 3.63) is 40.3 Å². The fourth-order valence-corrected chi connectivity index (χ4v) is 3.23. The van der Waals surface area contributed by atoms with Gasteiger partial charge in [-0.1, -0.05) is 58.0 Å². The second-order valence-electron chi connectivity index (χ2n) is 4.59. The maximum absolute atomic E-state index is 6.29. The number of thioether (sulfide) groups is 1. The van der Waals surface area contributed by atoms with Crippen molar-refractivity contribution in [3.8, 4) is 11.4 Å². The highest BCUT2D eigenvalue weighted by Gasteiger charge is 2.16. The lowest BCUT2D eigenvalue weighted by Gasteiger charge is -2.10. The zero-order valence-corrected chi connectivity index (χ0v) is 15.4. The van der Waals surface area contributed by atoms with Crippen molar-refractivity contribution in [2.45, 2.75) is 18.1 Å². The van der Waals surface area contributed by atoms with Gasteiger partial charge in [0.05, 0.1) is 5.02 Å². The third kappa shape index (κ3) is 4.59. The van der Waals surface area contributed by atoms with Gasteiger partial charge in [0.2, 0.25) is 0 Å². The second kappa shape index (κ2) is 8.72. The van der Waals surface area contributed by atoms with Crippen molar-refractivity contribution in [2.24, 2.45) is 0 Å². The average molecular weight is 403 g/mol. The van der Waals surface area contributed by atoms with Gasteiger partial charge in [-0.15, -0.1) is 10.2 Å². The molecule has 4 nitrogen and oxygen atoms in total. The number of halogens is 2. The molecule has 0 aliphatic carbocycles. The van der Waals surface area contributed by atoms with Gasteiger partial charge >= 0.3 is 0 Å². The molecule has 0 atom stereocenters. The summed E-state index contributed by atoms with van der Waals surface area (Å²) >= 11 is 11.3. The third-order valence-electron chi connectivity index (χ3n) is 2.92. The predicted molar refractivity (Wildman–Crippen MR) is 95.8 cm³/mol. The van der Waals surface area contributed by atoms with Crippen LogP contribution in [0.4, 0.5) is 0 Å². The summed E-state index contributed by atoms with van der Waals surface area (Å²) in [4.78, 5) is 0. The molecule has 0 aliphatic rings. The molecule has 22 heavy (non-hydrogen) atoms. The standard InChI is InChI=1S/C15H17BrClN3OS/c1-11(16)10-22-15-19-18-14(20(15)8-5-9-21-2)12-6-3-4-7-13(12)17/h3-4,6-7H,1,5,8-10H2,2H3. The zero-order valence-electron chi connectivity index (χ0n) is 12.3. The first-order valence-electron chi connectivity index (χ1n) is 6.76. The van der Waals surface area contributed by atoms with Gasteiger partial charge in [0, 0.05) is 31.6 Å². The van der Waals surface area contributed by atoms with Crippen molar-refractivity contribution >= 4 is 39.3 Å². The monoisotopic (exact) mass is 401 g/mol. The van der Waals surface area contributed by atoms with E-state index in [1.54, 1.807) is 18.9 Å². The van der Waals surface area contributed by atoms with E-state index < -0.39 is 0 Å². The first-order chi connectivity index (χ1) is 10.6. The van der Waals surface area contributed by atoms with Gasteiger partial charge in [-0.3, -0.25) is 0 Å². The summed E-state index contributed by atoms with van der Waals surface area (Å²) in [7, 11) is 1.70. The Hall–Kier alpha value is -0.820. The van der Waals surface area contributed by atoms with Crippen LogP contribution < -0.4 is 0 Å². The van der Waals surface area contributed by atoms with Crippen LogP contribution in [0.5, 0.6) is 0 Å². The van der Waals surface area contributed by atoms with E-state index in [1.807, 2.05) is 24.3 Å². The van der Waals surface area contributed by atoms with E-state index >= 15 is 0 Å². The molecule has 118 valence electrons. The van der Waals surface area contributed by atoms with Crippen LogP contribution in [0.3, 0.4) is 0 Å². The lowest BCUT2D eigenvalue weighted by molar-refractivity contribution is 0.189. The van der Waals surface area contributed by atoms with Gasteiger partial charge in [-0.2, -0.15) is 0 Å². The van der Waals surface area contributed by atoms with Gasteiger partial charge < -0.3 is 9.30 Å². The van der Waals surface area contributed by atoms with Gasteiger partial charge in [0.1, 0.15) is 0 Å². The lowest BCUT2D eigenvalue weighted by Crippen LogP contribution is -2.05. The van der Waals surface area contributed by atoms with E-state index in [1.165, 1.54) is 0 Å². The molecule has 0 amide bonds. The predicted octanol–water partition coefficient (Wildman–Crippen LogP) is 4.64. The minimum Gasteiger partial charge on any atom is -0.385 e. The topological polar surface area (TPSA) is 39.9 Å². The van der Waals surface area contributed by atoms with Crippen molar-refractivity contribution in [2.75, 3.05) is 19.5 Å². The quantitative estimate of drug-likeness (QED) is 0.476. The molecular weight excluding hydrogens is 386 g/mol. The van der Waals surface area contributed by atoms with Crippen molar-refractivity contribution in [3.63, 3.8) is 0 Å². The Balaban J connectivity index is 2.32. The fourth-order valence-electron chi connectivity index (χ4n) is 1.95. The Morgan fingerprint density at radius 2 is 2.18 bits per heavy atom. The number of hydrogen-bond acceptors (Lipinski definition) is 4. The highest BCUT2D eigenvalue weighted by Crippen LogP contribution is 2.30. The molecule has 1 aromatic carbocycles. The van der Waals surface area contributed by atoms with Crippen molar-refractivity contribution in [1.82, 2.24) is 14.8 Å². The molecule has 1 aromatic heterocycles. The molecular formula is C15H17BrClN3OS. The van der Waals surface area contributed by atoms with Crippen LogP contribution >= 0.6 is 39.3 Å². The number of methoxy groups -OCH3 is 1. The molecule has 0 bridgehead atoms. The number of ether oxygens (including phenoxy) is 1. The molecule has 0 fully saturated rings. The van der Waals surface area contributed by atoms with Crippen LogP contribution in [0, 0.1) is 0 Å². The van der Waals surface area contributed by atoms with E-state index in [0.717, 1.165) is 39.7 Å². The van der Waals surface area contributed by atoms with Crippen LogP contribution in [0.25, 0.3) is 11.4 Å². The highest BCUT2D eigenvalue weighted by atomic mass is 79.9. The summed E-state index contributed by atoms with van der Waals surface area (Å²) in [5, 5.41) is 10.1. The zero-order chi connectivity index (χ0) is 15.9. The number of hydrogen-bond donors (Lipinski definition) is 0. The number of nitrogens with zero attached hydrogens (tertiary/aromatic N) is 3. The summed E-state index contributed by atoms with van der Waals surface area (Å²) in [6, 6.07) is 7.67. The largest absolute Gasteiger partial charge is 0.385 e. The Bertz CT molecular complexity index is 647. The summed E-state index contributed by atoms with van der Waals surface area (Å²) in [5.41, 5.74) is 0.888. The minimum absolute atomic E-state index is 0.671. The van der Waals surface area contributed by atoms with Gasteiger partial charge in [0.15, 0.2) is 11.0 Å². The normalized spacial score (nSPS) is 10.9. The molecule has 0 saturated carbocycles.